The molecular weight excluding hydrogens is 302 g/mol. The predicted molar refractivity (Wildman–Crippen MR) is 71.0 cm³/mol. The minimum absolute atomic E-state index is 0.0639. The van der Waals surface area contributed by atoms with Gasteiger partial charge in [0.15, 0.2) is 0 Å². The summed E-state index contributed by atoms with van der Waals surface area (Å²) in [6.07, 6.45) is -1.54. The molecule has 18 heavy (non-hydrogen) atoms. The molecule has 0 radical (unpaired) electrons. The molecule has 0 fully saturated rings. The van der Waals surface area contributed by atoms with Crippen LogP contribution in [0.1, 0.15) is 33.6 Å². The second kappa shape index (κ2) is 6.94. The molecule has 0 saturated carbocycles. The van der Waals surface area contributed by atoms with Gasteiger partial charge in [-0.15, -0.1) is 0 Å². The third-order valence-electron chi connectivity index (χ3n) is 2.73. The monoisotopic (exact) mass is 318 g/mol. The highest BCUT2D eigenvalue weighted by molar-refractivity contribution is 6.69. The molecule has 106 valence electrons. The highest BCUT2D eigenvalue weighted by Gasteiger charge is 2.59. The van der Waals surface area contributed by atoms with Crippen LogP contribution in [0, 0.1) is 5.41 Å². The fourth-order valence-electron chi connectivity index (χ4n) is 1.54. The molecule has 0 aliphatic heterocycles. The van der Waals surface area contributed by atoms with Crippen molar-refractivity contribution in [2.45, 2.75) is 43.5 Å². The highest BCUT2D eigenvalue weighted by atomic mass is 35.6. The van der Waals surface area contributed by atoms with Crippen LogP contribution < -0.4 is 0 Å². The number of aliphatic hydroxyl groups is 1. The molecular formula is C11H17Cl3O4. The smallest absolute Gasteiger partial charge is 0.319 e. The molecule has 0 rings (SSSR count). The van der Waals surface area contributed by atoms with Gasteiger partial charge in [0.1, 0.15) is 11.2 Å². The van der Waals surface area contributed by atoms with Crippen molar-refractivity contribution < 1.29 is 19.4 Å². The number of ether oxygens (including phenoxy) is 1. The zero-order valence-electron chi connectivity index (χ0n) is 10.5. The number of esters is 1. The highest BCUT2D eigenvalue weighted by Crippen LogP contribution is 2.50. The fourth-order valence-corrected chi connectivity index (χ4v) is 2.44. The van der Waals surface area contributed by atoms with E-state index in [0.29, 0.717) is 0 Å². The van der Waals surface area contributed by atoms with Gasteiger partial charge >= 0.3 is 5.97 Å². The molecule has 2 atom stereocenters. The van der Waals surface area contributed by atoms with Crippen molar-refractivity contribution in [3.8, 4) is 0 Å². The van der Waals surface area contributed by atoms with Gasteiger partial charge in [-0.3, -0.25) is 9.59 Å². The molecule has 0 aromatic rings. The average molecular weight is 320 g/mol. The van der Waals surface area contributed by atoms with E-state index in [-0.39, 0.29) is 25.2 Å². The van der Waals surface area contributed by atoms with E-state index in [0.717, 1.165) is 0 Å². The normalized spacial score (nSPS) is 16.8. The molecule has 0 bridgehead atoms. The molecule has 0 heterocycles. The topological polar surface area (TPSA) is 63.6 Å². The van der Waals surface area contributed by atoms with Crippen LogP contribution >= 0.6 is 34.8 Å². The standard InChI is InChI=1S/C11H17Cl3O4/c1-4-8(16)6-10(7(3)15,11(12,13)14)9(17)18-5-2/h7,15H,4-6H2,1-3H3. The lowest BCUT2D eigenvalue weighted by atomic mass is 9.79. The second-order valence-electron chi connectivity index (χ2n) is 3.93. The third-order valence-corrected chi connectivity index (χ3v) is 3.74. The lowest BCUT2D eigenvalue weighted by Gasteiger charge is -2.38. The second-order valence-corrected chi connectivity index (χ2v) is 6.22. The van der Waals surface area contributed by atoms with Gasteiger partial charge in [0.05, 0.1) is 12.7 Å². The number of carbonyl (C=O) groups excluding carboxylic acids is 2. The van der Waals surface area contributed by atoms with Gasteiger partial charge < -0.3 is 9.84 Å². The Kier molecular flexibility index (Phi) is 6.93. The number of halogens is 3. The third kappa shape index (κ3) is 3.73. The van der Waals surface area contributed by atoms with E-state index >= 15 is 0 Å². The van der Waals surface area contributed by atoms with Crippen molar-refractivity contribution in [1.29, 1.82) is 0 Å². The van der Waals surface area contributed by atoms with E-state index in [1.54, 1.807) is 13.8 Å². The zero-order chi connectivity index (χ0) is 14.6. The Balaban J connectivity index is 5.59. The van der Waals surface area contributed by atoms with Crippen molar-refractivity contribution in [2.75, 3.05) is 6.61 Å². The lowest BCUT2D eigenvalue weighted by molar-refractivity contribution is -0.164. The number of carbonyl (C=O) groups is 2. The summed E-state index contributed by atoms with van der Waals surface area (Å²) in [6, 6.07) is 0. The van der Waals surface area contributed by atoms with Gasteiger partial charge in [0, 0.05) is 12.8 Å². The van der Waals surface area contributed by atoms with Crippen LogP contribution in [0.2, 0.25) is 0 Å². The number of hydrogen-bond donors (Lipinski definition) is 1. The molecule has 1 N–H and O–H groups in total. The van der Waals surface area contributed by atoms with Crippen LogP contribution in [-0.4, -0.2) is 33.4 Å². The van der Waals surface area contributed by atoms with Crippen molar-refractivity contribution in [2.24, 2.45) is 5.41 Å². The summed E-state index contributed by atoms with van der Waals surface area (Å²) in [4.78, 5) is 23.6. The number of Topliss-reactive ketones (excluding diaryl/α,β-unsaturated/α-hetero) is 1. The molecule has 0 aliphatic rings. The first kappa shape index (κ1) is 18.0. The Morgan fingerprint density at radius 3 is 2.06 bits per heavy atom. The lowest BCUT2D eigenvalue weighted by Crippen LogP contribution is -2.53. The molecule has 0 saturated heterocycles. The van der Waals surface area contributed by atoms with Gasteiger partial charge in [0.2, 0.25) is 3.79 Å². The van der Waals surface area contributed by atoms with Gasteiger partial charge in [-0.05, 0) is 13.8 Å². The summed E-state index contributed by atoms with van der Waals surface area (Å²) >= 11 is 17.4. The van der Waals surface area contributed by atoms with Crippen LogP contribution in [0.5, 0.6) is 0 Å². The van der Waals surface area contributed by atoms with Crippen LogP contribution in [0.15, 0.2) is 0 Å². The average Bonchev–Trinajstić information content (AvgIpc) is 2.23. The van der Waals surface area contributed by atoms with E-state index in [1.165, 1.54) is 6.92 Å². The quantitative estimate of drug-likeness (QED) is 0.604. The molecule has 0 spiro atoms. The van der Waals surface area contributed by atoms with E-state index in [4.69, 9.17) is 39.5 Å². The number of rotatable bonds is 6. The van der Waals surface area contributed by atoms with Gasteiger partial charge in [0.25, 0.3) is 0 Å². The van der Waals surface area contributed by atoms with Gasteiger partial charge in [-0.1, -0.05) is 41.7 Å². The van der Waals surface area contributed by atoms with Crippen molar-refractivity contribution >= 4 is 46.6 Å². The summed E-state index contributed by atoms with van der Waals surface area (Å²) < 4.78 is 2.70. The molecule has 0 aromatic heterocycles. The Hall–Kier alpha value is -0.0300. The molecule has 7 heteroatoms. The van der Waals surface area contributed by atoms with Gasteiger partial charge in [-0.2, -0.15) is 0 Å². The van der Waals surface area contributed by atoms with Gasteiger partial charge in [-0.25, -0.2) is 0 Å². The van der Waals surface area contributed by atoms with Crippen LogP contribution in [0.4, 0.5) is 0 Å². The Morgan fingerprint density at radius 2 is 1.78 bits per heavy atom. The van der Waals surface area contributed by atoms with Crippen LogP contribution in [0.3, 0.4) is 0 Å². The molecule has 0 aliphatic carbocycles. The maximum Gasteiger partial charge on any atom is 0.319 e. The molecule has 4 nitrogen and oxygen atoms in total. The largest absolute Gasteiger partial charge is 0.465 e. The Morgan fingerprint density at radius 1 is 1.28 bits per heavy atom. The molecule has 0 amide bonds. The first-order valence-electron chi connectivity index (χ1n) is 5.57. The minimum atomic E-state index is -2.14. The fraction of sp³-hybridized carbons (Fsp3) is 0.818. The van der Waals surface area contributed by atoms with E-state index in [2.05, 4.69) is 0 Å². The summed E-state index contributed by atoms with van der Waals surface area (Å²) in [5.41, 5.74) is -1.89. The first-order chi connectivity index (χ1) is 8.13. The molecule has 0 aromatic carbocycles. The summed E-state index contributed by atoms with van der Waals surface area (Å²) in [6.45, 7) is 4.57. The van der Waals surface area contributed by atoms with E-state index < -0.39 is 21.3 Å². The maximum absolute atomic E-state index is 12.0. The summed E-state index contributed by atoms with van der Waals surface area (Å²) in [7, 11) is 0. The Bertz CT molecular complexity index is 312. The van der Waals surface area contributed by atoms with Crippen molar-refractivity contribution in [3.05, 3.63) is 0 Å². The summed E-state index contributed by atoms with van der Waals surface area (Å²) in [5.74, 6) is -1.18. The van der Waals surface area contributed by atoms with E-state index in [9.17, 15) is 14.7 Å². The number of aliphatic hydroxyl groups excluding tert-OH is 1. The molecule has 2 unspecified atom stereocenters. The SMILES string of the molecule is CCOC(=O)C(CC(=O)CC)(C(C)O)C(Cl)(Cl)Cl. The number of ketones is 1. The zero-order valence-corrected chi connectivity index (χ0v) is 12.8. The summed E-state index contributed by atoms with van der Waals surface area (Å²) in [5, 5.41) is 9.83. The number of hydrogen-bond acceptors (Lipinski definition) is 4. The maximum atomic E-state index is 12.0. The van der Waals surface area contributed by atoms with E-state index in [1.807, 2.05) is 0 Å². The number of alkyl halides is 3. The van der Waals surface area contributed by atoms with Crippen molar-refractivity contribution in [1.82, 2.24) is 0 Å². The van der Waals surface area contributed by atoms with Crippen molar-refractivity contribution in [3.63, 3.8) is 0 Å². The minimum Gasteiger partial charge on any atom is -0.465 e. The predicted octanol–water partition coefficient (Wildman–Crippen LogP) is 2.66. The first-order valence-corrected chi connectivity index (χ1v) is 6.70. The van der Waals surface area contributed by atoms with Crippen LogP contribution in [-0.2, 0) is 14.3 Å². The Labute approximate surface area is 122 Å². The van der Waals surface area contributed by atoms with Crippen LogP contribution in [0.25, 0.3) is 0 Å².